The Hall–Kier alpha value is -8.41. The topological polar surface area (TPSA) is 56.7 Å². The van der Waals surface area contributed by atoms with Crippen molar-refractivity contribution < 1.29 is 4.42 Å². The normalized spacial score (nSPS) is 11.9. The number of rotatable bonds is 5. The molecular weight excluding hydrogens is 757 g/mol. The summed E-state index contributed by atoms with van der Waals surface area (Å²) in [5, 5.41) is 11.2. The van der Waals surface area contributed by atoms with Gasteiger partial charge in [-0.2, -0.15) is 0 Å². The summed E-state index contributed by atoms with van der Waals surface area (Å²) in [6.45, 7) is 0. The smallest absolute Gasteiger partial charge is 0.164 e. The van der Waals surface area contributed by atoms with Crippen molar-refractivity contribution in [2.45, 2.75) is 0 Å². The molecule has 5 heteroatoms. The van der Waals surface area contributed by atoms with Gasteiger partial charge in [0, 0.05) is 49.7 Å². The van der Waals surface area contributed by atoms with Crippen molar-refractivity contribution in [3.05, 3.63) is 206 Å². The molecule has 3 aromatic heterocycles. The highest BCUT2D eigenvalue weighted by molar-refractivity contribution is 6.20. The van der Waals surface area contributed by atoms with Crippen LogP contribution in [-0.4, -0.2) is 19.5 Å². The lowest BCUT2D eigenvalue weighted by Gasteiger charge is -2.13. The number of para-hydroxylation sites is 1. The summed E-state index contributed by atoms with van der Waals surface area (Å²) in [6, 6.07) is 72.8. The van der Waals surface area contributed by atoms with Gasteiger partial charge in [-0.3, -0.25) is 0 Å². The average Bonchev–Trinajstić information content (AvgIpc) is 3.88. The second-order valence-corrected chi connectivity index (χ2v) is 16.0. The highest BCUT2D eigenvalue weighted by Gasteiger charge is 2.23. The number of benzene rings is 10. The number of furan rings is 1. The molecule has 0 saturated heterocycles. The third kappa shape index (κ3) is 5.45. The van der Waals surface area contributed by atoms with Crippen molar-refractivity contribution in [1.29, 1.82) is 0 Å². The van der Waals surface area contributed by atoms with Gasteiger partial charge >= 0.3 is 0 Å². The average molecular weight is 791 g/mol. The minimum atomic E-state index is 0.569. The zero-order valence-electron chi connectivity index (χ0n) is 33.3. The van der Waals surface area contributed by atoms with Gasteiger partial charge < -0.3 is 8.98 Å². The molecular formula is C57H34N4O. The molecule has 0 aliphatic heterocycles. The van der Waals surface area contributed by atoms with Gasteiger partial charge in [0.25, 0.3) is 0 Å². The molecule has 0 atom stereocenters. The Morgan fingerprint density at radius 3 is 1.73 bits per heavy atom. The van der Waals surface area contributed by atoms with Crippen molar-refractivity contribution in [2.24, 2.45) is 0 Å². The number of hydrogen-bond donors (Lipinski definition) is 0. The Labute approximate surface area is 355 Å². The summed E-state index contributed by atoms with van der Waals surface area (Å²) in [5.41, 5.74) is 9.75. The first-order chi connectivity index (χ1) is 30.7. The number of hydrogen-bond acceptors (Lipinski definition) is 4. The molecule has 10 aromatic carbocycles. The number of nitrogens with zero attached hydrogens (tertiary/aromatic N) is 4. The van der Waals surface area contributed by atoms with E-state index >= 15 is 0 Å². The van der Waals surface area contributed by atoms with Gasteiger partial charge in [0.1, 0.15) is 11.2 Å². The van der Waals surface area contributed by atoms with Crippen LogP contribution in [0.25, 0.3) is 127 Å². The van der Waals surface area contributed by atoms with Crippen molar-refractivity contribution in [3.8, 4) is 51.0 Å². The Morgan fingerprint density at radius 2 is 0.919 bits per heavy atom. The molecule has 0 fully saturated rings. The Bertz CT molecular complexity index is 3920. The van der Waals surface area contributed by atoms with Crippen molar-refractivity contribution in [1.82, 2.24) is 19.5 Å². The molecule has 0 aliphatic rings. The Balaban J connectivity index is 1.12. The van der Waals surface area contributed by atoms with Crippen LogP contribution in [0.1, 0.15) is 0 Å². The SMILES string of the molecule is c1ccc(-c2ccc(-c3nc(-c4ccc5ccccc5c4)nc(-c4cc(-n5c6ccccc6c6cc7ccccc7cc65)cc5oc6c7ccccc7ccc6c45)n3)cc2)cc1. The zero-order chi connectivity index (χ0) is 40.7. The molecule has 0 bridgehead atoms. The fourth-order valence-electron chi connectivity index (χ4n) is 9.38. The van der Waals surface area contributed by atoms with Crippen LogP contribution in [0, 0.1) is 0 Å². The molecule has 0 unspecified atom stereocenters. The lowest BCUT2D eigenvalue weighted by molar-refractivity contribution is 0.672. The van der Waals surface area contributed by atoms with Crippen LogP contribution >= 0.6 is 0 Å². The van der Waals surface area contributed by atoms with Crippen LogP contribution in [0.15, 0.2) is 211 Å². The highest BCUT2D eigenvalue weighted by atomic mass is 16.3. The molecule has 0 radical (unpaired) electrons. The van der Waals surface area contributed by atoms with Gasteiger partial charge in [-0.25, -0.2) is 15.0 Å². The van der Waals surface area contributed by atoms with Crippen molar-refractivity contribution in [3.63, 3.8) is 0 Å². The van der Waals surface area contributed by atoms with Crippen LogP contribution in [-0.2, 0) is 0 Å². The lowest BCUT2D eigenvalue weighted by Crippen LogP contribution is -2.02. The predicted molar refractivity (Wildman–Crippen MR) is 256 cm³/mol. The molecule has 0 amide bonds. The van der Waals surface area contributed by atoms with E-state index in [1.807, 2.05) is 6.07 Å². The summed E-state index contributed by atoms with van der Waals surface area (Å²) < 4.78 is 9.37. The minimum Gasteiger partial charge on any atom is -0.455 e. The van der Waals surface area contributed by atoms with Crippen LogP contribution in [0.2, 0.25) is 0 Å². The second kappa shape index (κ2) is 13.6. The fourth-order valence-corrected chi connectivity index (χ4v) is 9.38. The monoisotopic (exact) mass is 790 g/mol. The molecule has 13 rings (SSSR count). The van der Waals surface area contributed by atoms with E-state index in [0.29, 0.717) is 17.5 Å². The van der Waals surface area contributed by atoms with Gasteiger partial charge in [-0.05, 0) is 74.5 Å². The molecule has 0 spiro atoms. The van der Waals surface area contributed by atoms with E-state index in [-0.39, 0.29) is 0 Å². The van der Waals surface area contributed by atoms with Gasteiger partial charge in [0.2, 0.25) is 0 Å². The quantitative estimate of drug-likeness (QED) is 0.174. The van der Waals surface area contributed by atoms with Crippen molar-refractivity contribution in [2.75, 3.05) is 0 Å². The largest absolute Gasteiger partial charge is 0.455 e. The molecule has 288 valence electrons. The Morgan fingerprint density at radius 1 is 0.339 bits per heavy atom. The van der Waals surface area contributed by atoms with Gasteiger partial charge in [0.15, 0.2) is 17.5 Å². The van der Waals surface area contributed by atoms with Gasteiger partial charge in [-0.1, -0.05) is 164 Å². The fraction of sp³-hybridized carbons (Fsp3) is 0. The summed E-state index contributed by atoms with van der Waals surface area (Å²) in [4.78, 5) is 16.0. The zero-order valence-corrected chi connectivity index (χ0v) is 33.3. The lowest BCUT2D eigenvalue weighted by atomic mass is 10.0. The van der Waals surface area contributed by atoms with E-state index in [4.69, 9.17) is 19.4 Å². The van der Waals surface area contributed by atoms with E-state index < -0.39 is 0 Å². The number of fused-ring (bicyclic) bond motifs is 10. The maximum Gasteiger partial charge on any atom is 0.164 e. The molecule has 13 aromatic rings. The molecule has 0 N–H and O–H groups in total. The summed E-state index contributed by atoms with van der Waals surface area (Å²) in [7, 11) is 0. The Kier molecular flexibility index (Phi) is 7.54. The third-order valence-electron chi connectivity index (χ3n) is 12.4. The van der Waals surface area contributed by atoms with E-state index in [2.05, 4.69) is 205 Å². The van der Waals surface area contributed by atoms with Crippen LogP contribution in [0.5, 0.6) is 0 Å². The molecule has 62 heavy (non-hydrogen) atoms. The summed E-state index contributed by atoms with van der Waals surface area (Å²) in [6.07, 6.45) is 0. The standard InChI is InChI=1S/C57H34N4O/c1-2-12-35(13-3-1)37-22-25-39(26-23-37)55-58-56(43-27-24-36-14-4-5-16-40(36)30-43)60-57(59-55)49-33-44(34-52-53(49)47-29-28-38-15-8-9-19-45(38)54(47)62-52)61-50-21-11-10-20-46(50)48-31-41-17-6-7-18-42(41)32-51(48)61/h1-34H. The van der Waals surface area contributed by atoms with Crippen LogP contribution in [0.3, 0.4) is 0 Å². The second-order valence-electron chi connectivity index (χ2n) is 16.0. The van der Waals surface area contributed by atoms with Crippen molar-refractivity contribution >= 4 is 76.1 Å². The van der Waals surface area contributed by atoms with Gasteiger partial charge in [-0.15, -0.1) is 0 Å². The van der Waals surface area contributed by atoms with E-state index in [1.54, 1.807) is 0 Å². The summed E-state index contributed by atoms with van der Waals surface area (Å²) in [5.74, 6) is 1.76. The minimum absolute atomic E-state index is 0.569. The predicted octanol–water partition coefficient (Wildman–Crippen LogP) is 15.0. The highest BCUT2D eigenvalue weighted by Crippen LogP contribution is 2.43. The maximum absolute atomic E-state index is 7.01. The van der Waals surface area contributed by atoms with Crippen LogP contribution < -0.4 is 0 Å². The molecule has 5 nitrogen and oxygen atoms in total. The first-order valence-corrected chi connectivity index (χ1v) is 20.9. The summed E-state index contributed by atoms with van der Waals surface area (Å²) >= 11 is 0. The third-order valence-corrected chi connectivity index (χ3v) is 12.4. The van der Waals surface area contributed by atoms with E-state index in [1.165, 1.54) is 21.5 Å². The molecule has 0 aliphatic carbocycles. The number of aromatic nitrogens is 4. The van der Waals surface area contributed by atoms with E-state index in [9.17, 15) is 0 Å². The molecule has 3 heterocycles. The van der Waals surface area contributed by atoms with E-state index in [0.717, 1.165) is 88.0 Å². The first-order valence-electron chi connectivity index (χ1n) is 20.9. The maximum atomic E-state index is 7.01. The molecule has 0 saturated carbocycles. The van der Waals surface area contributed by atoms with Gasteiger partial charge in [0.05, 0.1) is 16.7 Å². The first kappa shape index (κ1) is 34.5. The van der Waals surface area contributed by atoms with Crippen LogP contribution in [0.4, 0.5) is 0 Å².